The van der Waals surface area contributed by atoms with Crippen molar-refractivity contribution in [2.24, 2.45) is 7.05 Å². The van der Waals surface area contributed by atoms with Crippen molar-refractivity contribution in [2.45, 2.75) is 13.3 Å². The first-order valence-corrected chi connectivity index (χ1v) is 6.11. The molecule has 2 heterocycles. The zero-order valence-electron chi connectivity index (χ0n) is 10.8. The van der Waals surface area contributed by atoms with Crippen molar-refractivity contribution >= 4 is 11.0 Å². The molecule has 0 bridgehead atoms. The molecule has 3 rings (SSSR count). The molecule has 0 aliphatic rings. The summed E-state index contributed by atoms with van der Waals surface area (Å²) in [5.41, 5.74) is 2.96. The Kier molecular flexibility index (Phi) is 2.67. The second kappa shape index (κ2) is 4.35. The van der Waals surface area contributed by atoms with E-state index in [4.69, 9.17) is 0 Å². The summed E-state index contributed by atoms with van der Waals surface area (Å²) in [6.07, 6.45) is 0.632. The van der Waals surface area contributed by atoms with Crippen LogP contribution in [0.1, 0.15) is 17.1 Å². The Labute approximate surface area is 109 Å². The van der Waals surface area contributed by atoms with E-state index in [0.717, 1.165) is 22.6 Å². The van der Waals surface area contributed by atoms with Crippen LogP contribution in [0.15, 0.2) is 35.1 Å². The second-order valence-corrected chi connectivity index (χ2v) is 4.60. The number of hydrogen-bond acceptors (Lipinski definition) is 3. The van der Waals surface area contributed by atoms with E-state index in [2.05, 4.69) is 15.2 Å². The summed E-state index contributed by atoms with van der Waals surface area (Å²) >= 11 is 0. The first-order valence-electron chi connectivity index (χ1n) is 6.11. The number of hydrogen-bond donors (Lipinski definition) is 1. The fraction of sp³-hybridized carbons (Fsp3) is 0.214. The summed E-state index contributed by atoms with van der Waals surface area (Å²) in [6.45, 7) is 1.90. The van der Waals surface area contributed by atoms with E-state index in [1.807, 2.05) is 48.9 Å². The maximum absolute atomic E-state index is 11.9. The fourth-order valence-corrected chi connectivity index (χ4v) is 2.29. The highest BCUT2D eigenvalue weighted by Crippen LogP contribution is 2.13. The van der Waals surface area contributed by atoms with Gasteiger partial charge in [-0.1, -0.05) is 30.3 Å². The Morgan fingerprint density at radius 3 is 2.74 bits per heavy atom. The molecule has 0 aliphatic carbocycles. The van der Waals surface area contributed by atoms with E-state index >= 15 is 0 Å². The molecule has 2 aromatic heterocycles. The Morgan fingerprint density at radius 2 is 2.00 bits per heavy atom. The van der Waals surface area contributed by atoms with Gasteiger partial charge in [0.25, 0.3) is 0 Å². The van der Waals surface area contributed by atoms with Crippen LogP contribution in [0.5, 0.6) is 0 Å². The summed E-state index contributed by atoms with van der Waals surface area (Å²) in [7, 11) is 1.91. The van der Waals surface area contributed by atoms with E-state index in [1.165, 1.54) is 0 Å². The Bertz CT molecular complexity index is 786. The molecular formula is C14H14N4O. The first kappa shape index (κ1) is 11.6. The van der Waals surface area contributed by atoms with Gasteiger partial charge in [0.05, 0.1) is 11.2 Å². The fourth-order valence-electron chi connectivity index (χ4n) is 2.29. The molecule has 0 unspecified atom stereocenters. The predicted molar refractivity (Wildman–Crippen MR) is 73.1 cm³/mol. The number of H-pyrrole nitrogens is 1. The number of aromatic nitrogens is 4. The van der Waals surface area contributed by atoms with Crippen molar-refractivity contribution in [3.8, 4) is 0 Å². The summed E-state index contributed by atoms with van der Waals surface area (Å²) < 4.78 is 1.93. The lowest BCUT2D eigenvalue weighted by Gasteiger charge is -2.09. The first-order chi connectivity index (χ1) is 9.16. The van der Waals surface area contributed by atoms with Crippen LogP contribution in [0.25, 0.3) is 11.0 Å². The van der Waals surface area contributed by atoms with Gasteiger partial charge in [0.2, 0.25) is 0 Å². The molecule has 3 aromatic rings. The summed E-state index contributed by atoms with van der Waals surface area (Å²) in [6, 6.07) is 9.99. The molecule has 1 aromatic carbocycles. The number of rotatable bonds is 2. The van der Waals surface area contributed by atoms with Crippen LogP contribution < -0.4 is 5.56 Å². The molecule has 19 heavy (non-hydrogen) atoms. The van der Waals surface area contributed by atoms with Gasteiger partial charge in [-0.25, -0.2) is 0 Å². The third kappa shape index (κ3) is 1.93. The third-order valence-corrected chi connectivity index (χ3v) is 3.28. The lowest BCUT2D eigenvalue weighted by Crippen LogP contribution is -2.17. The molecule has 0 aliphatic heterocycles. The van der Waals surface area contributed by atoms with E-state index in [1.54, 1.807) is 0 Å². The van der Waals surface area contributed by atoms with Crippen LogP contribution >= 0.6 is 0 Å². The number of benzene rings is 1. The monoisotopic (exact) mass is 254 g/mol. The molecule has 0 saturated carbocycles. The van der Waals surface area contributed by atoms with E-state index in [9.17, 15) is 4.79 Å². The van der Waals surface area contributed by atoms with Gasteiger partial charge in [-0.15, -0.1) is 0 Å². The van der Waals surface area contributed by atoms with Crippen LogP contribution in [0.4, 0.5) is 0 Å². The lowest BCUT2D eigenvalue weighted by molar-refractivity contribution is 0.800. The van der Waals surface area contributed by atoms with Crippen LogP contribution in [-0.4, -0.2) is 19.7 Å². The Hall–Kier alpha value is -2.43. The van der Waals surface area contributed by atoms with Crippen molar-refractivity contribution in [3.05, 3.63) is 57.8 Å². The maximum atomic E-state index is 11.9. The normalized spacial score (nSPS) is 11.1. The number of aromatic amines is 1. The van der Waals surface area contributed by atoms with Gasteiger partial charge in [0, 0.05) is 13.5 Å². The van der Waals surface area contributed by atoms with Crippen LogP contribution in [0.3, 0.4) is 0 Å². The molecule has 1 N–H and O–H groups in total. The Morgan fingerprint density at radius 1 is 1.26 bits per heavy atom. The van der Waals surface area contributed by atoms with Gasteiger partial charge in [0.15, 0.2) is 5.52 Å². The van der Waals surface area contributed by atoms with Gasteiger partial charge >= 0.3 is 5.56 Å². The van der Waals surface area contributed by atoms with Gasteiger partial charge < -0.3 is 4.57 Å². The van der Waals surface area contributed by atoms with Gasteiger partial charge in [-0.05, 0) is 12.5 Å². The van der Waals surface area contributed by atoms with Crippen molar-refractivity contribution in [3.63, 3.8) is 0 Å². The maximum Gasteiger partial charge on any atom is 0.301 e. The van der Waals surface area contributed by atoms with Crippen molar-refractivity contribution in [1.82, 2.24) is 19.7 Å². The highest BCUT2D eigenvalue weighted by Gasteiger charge is 2.13. The molecule has 5 nitrogen and oxygen atoms in total. The Balaban J connectivity index is 2.17. The zero-order valence-corrected chi connectivity index (χ0v) is 10.8. The van der Waals surface area contributed by atoms with E-state index in [-0.39, 0.29) is 5.56 Å². The van der Waals surface area contributed by atoms with Crippen LogP contribution in [0, 0.1) is 6.92 Å². The molecule has 5 heteroatoms. The minimum absolute atomic E-state index is 0.275. The van der Waals surface area contributed by atoms with Crippen molar-refractivity contribution in [1.29, 1.82) is 0 Å². The van der Waals surface area contributed by atoms with Gasteiger partial charge in [0.1, 0.15) is 5.82 Å². The van der Waals surface area contributed by atoms with E-state index < -0.39 is 0 Å². The molecule has 0 radical (unpaired) electrons. The summed E-state index contributed by atoms with van der Waals surface area (Å²) in [5.74, 6) is 0.744. The minimum Gasteiger partial charge on any atom is -0.329 e. The minimum atomic E-state index is -0.275. The number of fused-ring (bicyclic) bond motifs is 1. The predicted octanol–water partition coefficient (Wildman–Crippen LogP) is 1.56. The molecule has 0 fully saturated rings. The lowest BCUT2D eigenvalue weighted by atomic mass is 10.1. The van der Waals surface area contributed by atoms with E-state index in [0.29, 0.717) is 11.9 Å². The standard InChI is InChI=1S/C14H14N4O/c1-9-13-12(17-16-9)14(19)15-11(18(13)2)8-10-6-4-3-5-7-10/h3-7H,8H2,1-2H3,(H,16,17). The smallest absolute Gasteiger partial charge is 0.301 e. The van der Waals surface area contributed by atoms with Gasteiger partial charge in [-0.3, -0.25) is 9.89 Å². The average Bonchev–Trinajstić information content (AvgIpc) is 2.80. The SMILES string of the molecule is Cc1[nH]nc2c(=O)nc(Cc3ccccc3)n(C)c12. The average molecular weight is 254 g/mol. The number of nitrogens with one attached hydrogen (secondary N) is 1. The van der Waals surface area contributed by atoms with Gasteiger partial charge in [-0.2, -0.15) is 10.1 Å². The topological polar surface area (TPSA) is 63.6 Å². The second-order valence-electron chi connectivity index (χ2n) is 4.60. The third-order valence-electron chi connectivity index (χ3n) is 3.28. The molecule has 96 valence electrons. The number of aryl methyl sites for hydroxylation is 2. The van der Waals surface area contributed by atoms with Crippen LogP contribution in [0.2, 0.25) is 0 Å². The quantitative estimate of drug-likeness (QED) is 0.754. The van der Waals surface area contributed by atoms with Crippen molar-refractivity contribution < 1.29 is 0 Å². The molecule has 0 saturated heterocycles. The number of nitrogens with zero attached hydrogens (tertiary/aromatic N) is 3. The zero-order chi connectivity index (χ0) is 13.4. The molecular weight excluding hydrogens is 240 g/mol. The molecule has 0 spiro atoms. The highest BCUT2D eigenvalue weighted by molar-refractivity contribution is 5.76. The molecule has 0 amide bonds. The highest BCUT2D eigenvalue weighted by atomic mass is 16.1. The molecule has 0 atom stereocenters. The summed E-state index contributed by atoms with van der Waals surface area (Å²) in [5, 5.41) is 6.84. The van der Waals surface area contributed by atoms with Crippen molar-refractivity contribution in [2.75, 3.05) is 0 Å². The summed E-state index contributed by atoms with van der Waals surface area (Å²) in [4.78, 5) is 16.1. The van der Waals surface area contributed by atoms with Crippen LogP contribution in [-0.2, 0) is 13.5 Å². The largest absolute Gasteiger partial charge is 0.329 e.